The molecule has 0 bridgehead atoms. The Morgan fingerprint density at radius 3 is 2.75 bits per heavy atom. The number of urea groups is 1. The zero-order chi connectivity index (χ0) is 17.5. The molecule has 2 heterocycles. The Balaban J connectivity index is 1.54. The van der Waals surface area contributed by atoms with Crippen LogP contribution in [0.2, 0.25) is 0 Å². The number of nitrogens with one attached hydrogen (secondary N) is 2. The molecule has 7 heteroatoms. The molecule has 130 valence electrons. The van der Waals surface area contributed by atoms with Crippen LogP contribution in [-0.4, -0.2) is 40.9 Å². The van der Waals surface area contributed by atoms with Gasteiger partial charge in [0.2, 0.25) is 5.91 Å². The number of thiophene rings is 1. The van der Waals surface area contributed by atoms with Crippen LogP contribution in [0.15, 0.2) is 12.1 Å². The van der Waals surface area contributed by atoms with Crippen LogP contribution < -0.4 is 10.6 Å². The van der Waals surface area contributed by atoms with Crippen molar-refractivity contribution in [3.05, 3.63) is 21.9 Å². The van der Waals surface area contributed by atoms with E-state index in [1.54, 1.807) is 18.3 Å². The van der Waals surface area contributed by atoms with Crippen molar-refractivity contribution in [3.63, 3.8) is 0 Å². The third-order valence-corrected chi connectivity index (χ3v) is 5.73. The predicted molar refractivity (Wildman–Crippen MR) is 91.7 cm³/mol. The van der Waals surface area contributed by atoms with Gasteiger partial charge in [0.15, 0.2) is 0 Å². The molecule has 2 aliphatic rings. The van der Waals surface area contributed by atoms with Gasteiger partial charge in [-0.2, -0.15) is 0 Å². The Hall–Kier alpha value is -1.89. The molecule has 1 aromatic heterocycles. The number of hydrogen-bond acceptors (Lipinski definition) is 4. The average Bonchev–Trinajstić information content (AvgIpc) is 3.24. The summed E-state index contributed by atoms with van der Waals surface area (Å²) in [5.41, 5.74) is -0.836. The maximum atomic E-state index is 12.5. The molecule has 1 aliphatic carbocycles. The van der Waals surface area contributed by atoms with Gasteiger partial charge in [0.1, 0.15) is 12.1 Å². The Bertz CT molecular complexity index is 682. The zero-order valence-corrected chi connectivity index (χ0v) is 15.0. The van der Waals surface area contributed by atoms with Gasteiger partial charge in [0, 0.05) is 22.2 Å². The summed E-state index contributed by atoms with van der Waals surface area (Å²) in [6.45, 7) is 5.50. The molecule has 0 radical (unpaired) electrons. The predicted octanol–water partition coefficient (Wildman–Crippen LogP) is 1.82. The molecule has 6 nitrogen and oxygen atoms in total. The van der Waals surface area contributed by atoms with E-state index >= 15 is 0 Å². The highest BCUT2D eigenvalue weighted by Gasteiger charge is 2.56. The fourth-order valence-corrected chi connectivity index (χ4v) is 4.23. The number of rotatable bonds is 6. The number of nitrogens with zero attached hydrogens (tertiary/aromatic N) is 1. The molecule has 3 rings (SSSR count). The van der Waals surface area contributed by atoms with Gasteiger partial charge in [0.05, 0.1) is 0 Å². The molecule has 2 N–H and O–H groups in total. The number of carbonyl (C=O) groups excluding carboxylic acids is 3. The maximum absolute atomic E-state index is 12.5. The van der Waals surface area contributed by atoms with Crippen LogP contribution in [0.1, 0.15) is 36.4 Å². The average molecular weight is 349 g/mol. The molecular formula is C17H23N3O3S. The van der Waals surface area contributed by atoms with E-state index in [4.69, 9.17) is 0 Å². The lowest BCUT2D eigenvalue weighted by molar-refractivity contribution is -0.135. The smallest absolute Gasteiger partial charge is 0.325 e. The van der Waals surface area contributed by atoms with Crippen molar-refractivity contribution in [2.75, 3.05) is 6.54 Å². The van der Waals surface area contributed by atoms with Crippen molar-refractivity contribution in [2.24, 2.45) is 5.92 Å². The zero-order valence-electron chi connectivity index (χ0n) is 14.2. The summed E-state index contributed by atoms with van der Waals surface area (Å²) < 4.78 is 0. The van der Waals surface area contributed by atoms with E-state index in [-0.39, 0.29) is 30.3 Å². The number of aryl methyl sites for hydroxylation is 1. The van der Waals surface area contributed by atoms with E-state index in [0.29, 0.717) is 0 Å². The van der Waals surface area contributed by atoms with E-state index in [2.05, 4.69) is 22.8 Å². The first-order valence-electron chi connectivity index (χ1n) is 8.28. The molecule has 0 spiro atoms. The molecule has 0 aromatic carbocycles. The first-order valence-corrected chi connectivity index (χ1v) is 9.10. The second-order valence-electron chi connectivity index (χ2n) is 6.98. The molecule has 1 aliphatic heterocycles. The summed E-state index contributed by atoms with van der Waals surface area (Å²) in [4.78, 5) is 40.3. The second-order valence-corrected chi connectivity index (χ2v) is 8.36. The van der Waals surface area contributed by atoms with Crippen LogP contribution in [-0.2, 0) is 16.0 Å². The number of carbonyl (C=O) groups is 3. The molecule has 24 heavy (non-hydrogen) atoms. The Kier molecular flexibility index (Phi) is 4.38. The highest BCUT2D eigenvalue weighted by molar-refractivity contribution is 7.11. The fourth-order valence-electron chi connectivity index (χ4n) is 3.21. The van der Waals surface area contributed by atoms with Gasteiger partial charge in [-0.15, -0.1) is 11.3 Å². The largest absolute Gasteiger partial charge is 0.352 e. The molecule has 4 amide bonds. The second kappa shape index (κ2) is 6.20. The Labute approximate surface area is 145 Å². The van der Waals surface area contributed by atoms with Crippen molar-refractivity contribution in [2.45, 2.75) is 51.6 Å². The number of hydrogen-bond donors (Lipinski definition) is 2. The van der Waals surface area contributed by atoms with Crippen molar-refractivity contribution in [1.82, 2.24) is 15.5 Å². The van der Waals surface area contributed by atoms with Crippen molar-refractivity contribution >= 4 is 29.2 Å². The molecule has 1 saturated carbocycles. The highest BCUT2D eigenvalue weighted by Crippen LogP contribution is 2.42. The summed E-state index contributed by atoms with van der Waals surface area (Å²) in [5, 5.41) is 5.62. The SMILES string of the molecule is Cc1ccc(CC(C)NC(=O)CN2C(=O)NC(C)(C3CC3)C2=O)s1. The van der Waals surface area contributed by atoms with Gasteiger partial charge in [-0.25, -0.2) is 4.79 Å². The molecule has 2 unspecified atom stereocenters. The Morgan fingerprint density at radius 2 is 2.17 bits per heavy atom. The van der Waals surface area contributed by atoms with Crippen LogP contribution in [0.5, 0.6) is 0 Å². The van der Waals surface area contributed by atoms with Gasteiger partial charge in [-0.1, -0.05) is 0 Å². The summed E-state index contributed by atoms with van der Waals surface area (Å²) >= 11 is 1.71. The van der Waals surface area contributed by atoms with Gasteiger partial charge in [-0.3, -0.25) is 14.5 Å². The van der Waals surface area contributed by atoms with E-state index in [9.17, 15) is 14.4 Å². The van der Waals surface area contributed by atoms with E-state index in [1.807, 2.05) is 13.8 Å². The van der Waals surface area contributed by atoms with Crippen LogP contribution >= 0.6 is 11.3 Å². The van der Waals surface area contributed by atoms with E-state index in [0.717, 1.165) is 24.2 Å². The van der Waals surface area contributed by atoms with Crippen molar-refractivity contribution < 1.29 is 14.4 Å². The third kappa shape index (κ3) is 3.31. The standard InChI is InChI=1S/C17H23N3O3S/c1-10(8-13-7-4-11(2)24-13)18-14(21)9-20-15(22)17(3,12-5-6-12)19-16(20)23/h4,7,10,12H,5-6,8-9H2,1-3H3,(H,18,21)(H,19,23). The van der Waals surface area contributed by atoms with E-state index in [1.165, 1.54) is 9.75 Å². The molecule has 2 fully saturated rings. The summed E-state index contributed by atoms with van der Waals surface area (Å²) in [5.74, 6) is -0.394. The van der Waals surface area contributed by atoms with Gasteiger partial charge >= 0.3 is 6.03 Å². The first kappa shape index (κ1) is 17.0. The highest BCUT2D eigenvalue weighted by atomic mass is 32.1. The van der Waals surface area contributed by atoms with Gasteiger partial charge in [0.25, 0.3) is 5.91 Å². The van der Waals surface area contributed by atoms with Crippen LogP contribution in [0.4, 0.5) is 4.79 Å². The van der Waals surface area contributed by atoms with Gasteiger partial charge < -0.3 is 10.6 Å². The minimum Gasteiger partial charge on any atom is -0.352 e. The minimum atomic E-state index is -0.836. The molecular weight excluding hydrogens is 326 g/mol. The normalized spacial score (nSPS) is 24.9. The summed E-state index contributed by atoms with van der Waals surface area (Å²) in [7, 11) is 0. The van der Waals surface area contributed by atoms with Crippen LogP contribution in [0.25, 0.3) is 0 Å². The fraction of sp³-hybridized carbons (Fsp3) is 0.588. The van der Waals surface area contributed by atoms with Crippen LogP contribution in [0.3, 0.4) is 0 Å². The van der Waals surface area contributed by atoms with Crippen molar-refractivity contribution in [3.8, 4) is 0 Å². The lowest BCUT2D eigenvalue weighted by Crippen LogP contribution is -2.47. The monoisotopic (exact) mass is 349 g/mol. The number of imide groups is 1. The Morgan fingerprint density at radius 1 is 1.46 bits per heavy atom. The first-order chi connectivity index (χ1) is 11.3. The van der Waals surface area contributed by atoms with Crippen molar-refractivity contribution in [1.29, 1.82) is 0 Å². The minimum absolute atomic E-state index is 0.0499. The molecule has 1 saturated heterocycles. The molecule has 1 aromatic rings. The van der Waals surface area contributed by atoms with E-state index < -0.39 is 11.6 Å². The lowest BCUT2D eigenvalue weighted by atomic mass is 9.96. The summed E-state index contributed by atoms with van der Waals surface area (Å²) in [6.07, 6.45) is 2.63. The quantitative estimate of drug-likeness (QED) is 0.769. The summed E-state index contributed by atoms with van der Waals surface area (Å²) in [6, 6.07) is 3.60. The lowest BCUT2D eigenvalue weighted by Gasteiger charge is -2.21. The third-order valence-electron chi connectivity index (χ3n) is 4.71. The molecule has 2 atom stereocenters. The number of amides is 4. The topological polar surface area (TPSA) is 78.5 Å². The van der Waals surface area contributed by atoms with Crippen LogP contribution in [0, 0.1) is 12.8 Å². The maximum Gasteiger partial charge on any atom is 0.325 e. The van der Waals surface area contributed by atoms with Gasteiger partial charge in [-0.05, 0) is 51.7 Å².